The molecule has 2 atom stereocenters. The highest BCUT2D eigenvalue weighted by atomic mass is 16.6. The number of ether oxygens (including phenoxy) is 1. The third-order valence-electron chi connectivity index (χ3n) is 2.92. The van der Waals surface area contributed by atoms with E-state index >= 15 is 0 Å². The smallest absolute Gasteiger partial charge is 0.411 e. The number of carbonyl (C=O) groups is 3. The lowest BCUT2D eigenvalue weighted by Gasteiger charge is -2.28. The molecular weight excluding hydrogens is 246 g/mol. The molecule has 1 heterocycles. The Kier molecular flexibility index (Phi) is 4.50. The van der Waals surface area contributed by atoms with Crippen molar-refractivity contribution in [2.45, 2.75) is 45.8 Å². The second kappa shape index (κ2) is 5.55. The molecule has 0 aliphatic carbocycles. The monoisotopic (exact) mass is 267 g/mol. The standard InChI is InChI=1S/C14H21NO4/c1-6-7-10-11(17)8-15(12(10)9(2)16)13(18)19-14(3,4)5/h6,10,12H,1,7-8H2,2-5H3/t10?,12-/m1/s1. The van der Waals surface area contributed by atoms with Gasteiger partial charge in [-0.05, 0) is 34.1 Å². The third kappa shape index (κ3) is 3.66. The van der Waals surface area contributed by atoms with E-state index < -0.39 is 23.7 Å². The maximum absolute atomic E-state index is 12.0. The Morgan fingerprint density at radius 1 is 1.47 bits per heavy atom. The summed E-state index contributed by atoms with van der Waals surface area (Å²) < 4.78 is 5.23. The van der Waals surface area contributed by atoms with Gasteiger partial charge in [-0.3, -0.25) is 14.5 Å². The summed E-state index contributed by atoms with van der Waals surface area (Å²) >= 11 is 0. The third-order valence-corrected chi connectivity index (χ3v) is 2.92. The zero-order chi connectivity index (χ0) is 14.8. The molecule has 5 nitrogen and oxygen atoms in total. The molecular formula is C14H21NO4. The molecule has 0 N–H and O–H groups in total. The first kappa shape index (κ1) is 15.4. The summed E-state index contributed by atoms with van der Waals surface area (Å²) in [6.07, 6.45) is 1.37. The van der Waals surface area contributed by atoms with Crippen molar-refractivity contribution in [3.05, 3.63) is 12.7 Å². The largest absolute Gasteiger partial charge is 0.444 e. The van der Waals surface area contributed by atoms with Crippen LogP contribution in [-0.4, -0.2) is 40.7 Å². The number of hydrogen-bond acceptors (Lipinski definition) is 4. The molecule has 1 rings (SSSR count). The van der Waals surface area contributed by atoms with Crippen LogP contribution < -0.4 is 0 Å². The Bertz CT molecular complexity index is 408. The van der Waals surface area contributed by atoms with Crippen LogP contribution in [-0.2, 0) is 14.3 Å². The van der Waals surface area contributed by atoms with Crippen molar-refractivity contribution in [1.29, 1.82) is 0 Å². The number of likely N-dealkylation sites (tertiary alicyclic amines) is 1. The van der Waals surface area contributed by atoms with E-state index in [4.69, 9.17) is 4.74 Å². The molecule has 106 valence electrons. The fourth-order valence-corrected chi connectivity index (χ4v) is 2.22. The van der Waals surface area contributed by atoms with Crippen LogP contribution in [0.15, 0.2) is 12.7 Å². The maximum atomic E-state index is 12.0. The zero-order valence-corrected chi connectivity index (χ0v) is 11.9. The SMILES string of the molecule is C=CCC1C(=O)CN(C(=O)OC(C)(C)C)[C@@H]1C(C)=O. The Balaban J connectivity index is 2.94. The number of hydrogen-bond donors (Lipinski definition) is 0. The Labute approximate surface area is 113 Å². The summed E-state index contributed by atoms with van der Waals surface area (Å²) in [7, 11) is 0. The van der Waals surface area contributed by atoms with E-state index in [0.717, 1.165) is 0 Å². The molecule has 0 spiro atoms. The number of ketones is 2. The molecule has 19 heavy (non-hydrogen) atoms. The van der Waals surface area contributed by atoms with Crippen molar-refractivity contribution < 1.29 is 19.1 Å². The second-order valence-corrected chi connectivity index (χ2v) is 5.76. The second-order valence-electron chi connectivity index (χ2n) is 5.76. The first-order valence-corrected chi connectivity index (χ1v) is 6.31. The van der Waals surface area contributed by atoms with Gasteiger partial charge in [-0.2, -0.15) is 0 Å². The number of allylic oxidation sites excluding steroid dienone is 1. The molecule has 1 aliphatic rings. The van der Waals surface area contributed by atoms with Crippen LogP contribution in [0.5, 0.6) is 0 Å². The minimum absolute atomic E-state index is 0.0718. The number of rotatable bonds is 3. The van der Waals surface area contributed by atoms with E-state index in [9.17, 15) is 14.4 Å². The molecule has 0 saturated carbocycles. The summed E-state index contributed by atoms with van der Waals surface area (Å²) in [4.78, 5) is 36.9. The molecule has 0 aromatic rings. The molecule has 1 aliphatic heterocycles. The predicted molar refractivity (Wildman–Crippen MR) is 70.7 cm³/mol. The fourth-order valence-electron chi connectivity index (χ4n) is 2.22. The quantitative estimate of drug-likeness (QED) is 0.733. The summed E-state index contributed by atoms with van der Waals surface area (Å²) in [5, 5.41) is 0. The number of carbonyl (C=O) groups excluding carboxylic acids is 3. The first-order chi connectivity index (χ1) is 8.67. The van der Waals surface area contributed by atoms with Crippen molar-refractivity contribution in [2.75, 3.05) is 6.54 Å². The van der Waals surface area contributed by atoms with Crippen LogP contribution in [0.4, 0.5) is 4.79 Å². The van der Waals surface area contributed by atoms with E-state index in [0.29, 0.717) is 6.42 Å². The Morgan fingerprint density at radius 2 is 2.05 bits per heavy atom. The van der Waals surface area contributed by atoms with E-state index in [1.165, 1.54) is 11.8 Å². The van der Waals surface area contributed by atoms with Crippen molar-refractivity contribution in [1.82, 2.24) is 4.90 Å². The molecule has 5 heteroatoms. The van der Waals surface area contributed by atoms with Gasteiger partial charge in [-0.25, -0.2) is 4.79 Å². The summed E-state index contributed by atoms with van der Waals surface area (Å²) in [5.74, 6) is -0.822. The van der Waals surface area contributed by atoms with Gasteiger partial charge in [-0.1, -0.05) is 6.08 Å². The topological polar surface area (TPSA) is 63.7 Å². The molecule has 0 aromatic heterocycles. The van der Waals surface area contributed by atoms with Crippen molar-refractivity contribution >= 4 is 17.7 Å². The van der Waals surface area contributed by atoms with Crippen molar-refractivity contribution in [3.63, 3.8) is 0 Å². The van der Waals surface area contributed by atoms with Gasteiger partial charge in [0, 0.05) is 0 Å². The average Bonchev–Trinajstić information content (AvgIpc) is 2.54. The highest BCUT2D eigenvalue weighted by Gasteiger charge is 2.46. The molecule has 1 amide bonds. The van der Waals surface area contributed by atoms with E-state index in [2.05, 4.69) is 6.58 Å². The highest BCUT2D eigenvalue weighted by molar-refractivity contribution is 5.99. The van der Waals surface area contributed by atoms with Gasteiger partial charge >= 0.3 is 6.09 Å². The summed E-state index contributed by atoms with van der Waals surface area (Å²) in [5.41, 5.74) is -0.655. The molecule has 0 bridgehead atoms. The van der Waals surface area contributed by atoms with Crippen LogP contribution in [0.2, 0.25) is 0 Å². The van der Waals surface area contributed by atoms with Crippen LogP contribution in [0.1, 0.15) is 34.1 Å². The fraction of sp³-hybridized carbons (Fsp3) is 0.643. The lowest BCUT2D eigenvalue weighted by molar-refractivity contribution is -0.125. The van der Waals surface area contributed by atoms with Crippen molar-refractivity contribution in [3.8, 4) is 0 Å². The molecule has 1 fully saturated rings. The van der Waals surface area contributed by atoms with Gasteiger partial charge in [0.2, 0.25) is 0 Å². The van der Waals surface area contributed by atoms with Gasteiger partial charge in [0.05, 0.1) is 12.5 Å². The van der Waals surface area contributed by atoms with Crippen LogP contribution in [0.25, 0.3) is 0 Å². The Hall–Kier alpha value is -1.65. The average molecular weight is 267 g/mol. The molecule has 0 radical (unpaired) electrons. The van der Waals surface area contributed by atoms with Crippen LogP contribution >= 0.6 is 0 Å². The molecule has 1 unspecified atom stereocenters. The number of nitrogens with zero attached hydrogens (tertiary/aromatic N) is 1. The van der Waals surface area contributed by atoms with Gasteiger partial charge in [0.1, 0.15) is 11.6 Å². The lowest BCUT2D eigenvalue weighted by Crippen LogP contribution is -2.44. The number of amides is 1. The van der Waals surface area contributed by atoms with Crippen LogP contribution in [0, 0.1) is 5.92 Å². The lowest BCUT2D eigenvalue weighted by atomic mass is 9.93. The Morgan fingerprint density at radius 3 is 2.47 bits per heavy atom. The first-order valence-electron chi connectivity index (χ1n) is 6.31. The van der Waals surface area contributed by atoms with E-state index in [-0.39, 0.29) is 18.1 Å². The minimum atomic E-state index is -0.736. The van der Waals surface area contributed by atoms with Gasteiger partial charge in [0.25, 0.3) is 0 Å². The zero-order valence-electron chi connectivity index (χ0n) is 11.9. The van der Waals surface area contributed by atoms with Crippen molar-refractivity contribution in [2.24, 2.45) is 5.92 Å². The van der Waals surface area contributed by atoms with E-state index in [1.54, 1.807) is 26.8 Å². The van der Waals surface area contributed by atoms with Gasteiger partial charge in [0.15, 0.2) is 11.6 Å². The van der Waals surface area contributed by atoms with Crippen LogP contribution in [0.3, 0.4) is 0 Å². The number of Topliss-reactive ketones (excluding diaryl/α,β-unsaturated/α-hetero) is 2. The molecule has 0 aromatic carbocycles. The van der Waals surface area contributed by atoms with E-state index in [1.807, 2.05) is 0 Å². The molecule has 1 saturated heterocycles. The van der Waals surface area contributed by atoms with Gasteiger partial charge in [-0.15, -0.1) is 6.58 Å². The maximum Gasteiger partial charge on any atom is 0.411 e. The normalized spacial score (nSPS) is 23.4. The highest BCUT2D eigenvalue weighted by Crippen LogP contribution is 2.27. The minimum Gasteiger partial charge on any atom is -0.444 e. The summed E-state index contributed by atoms with van der Waals surface area (Å²) in [6, 6.07) is -0.736. The summed E-state index contributed by atoms with van der Waals surface area (Å²) in [6.45, 7) is 10.1. The predicted octanol–water partition coefficient (Wildman–Crippen LogP) is 1.96. The van der Waals surface area contributed by atoms with Gasteiger partial charge < -0.3 is 4.74 Å².